The van der Waals surface area contributed by atoms with Crippen LogP contribution in [0.4, 0.5) is 0 Å². The Morgan fingerprint density at radius 2 is 1.15 bits per heavy atom. The molecule has 1 aliphatic carbocycles. The third-order valence-corrected chi connectivity index (χ3v) is 11.1. The van der Waals surface area contributed by atoms with Gasteiger partial charge in [-0.1, -0.05) is 125 Å². The predicted molar refractivity (Wildman–Crippen MR) is 207 cm³/mol. The Bertz CT molecular complexity index is 1540. The molecule has 1 aliphatic rings. The average Bonchev–Trinajstić information content (AvgIpc) is 3.18. The first-order valence-electron chi connectivity index (χ1n) is 19.8. The van der Waals surface area contributed by atoms with E-state index in [9.17, 15) is 19.2 Å². The smallest absolute Gasteiger partial charge is 0.309 e. The summed E-state index contributed by atoms with van der Waals surface area (Å²) in [5, 5.41) is 0. The molecule has 0 radical (unpaired) electrons. The average molecular weight is 725 g/mol. The first kappa shape index (κ1) is 41.5. The van der Waals surface area contributed by atoms with Crippen LogP contribution in [0.3, 0.4) is 0 Å². The van der Waals surface area contributed by atoms with Gasteiger partial charge in [0, 0.05) is 12.3 Å². The summed E-state index contributed by atoms with van der Waals surface area (Å²) in [5.41, 5.74) is 2.78. The van der Waals surface area contributed by atoms with E-state index in [4.69, 9.17) is 14.2 Å². The zero-order valence-corrected chi connectivity index (χ0v) is 32.3. The van der Waals surface area contributed by atoms with Gasteiger partial charge in [-0.05, 0) is 85.8 Å². The number of carbonyl (C=O) groups is 4. The van der Waals surface area contributed by atoms with Gasteiger partial charge in [0.2, 0.25) is 0 Å². The Balaban J connectivity index is 1.45. The van der Waals surface area contributed by atoms with E-state index in [2.05, 4.69) is 13.8 Å². The number of ketones is 1. The molecule has 0 amide bonds. The minimum atomic E-state index is -0.420. The van der Waals surface area contributed by atoms with Gasteiger partial charge in [-0.2, -0.15) is 0 Å². The Morgan fingerprint density at radius 1 is 0.642 bits per heavy atom. The van der Waals surface area contributed by atoms with Crippen LogP contribution in [0.2, 0.25) is 0 Å². The van der Waals surface area contributed by atoms with E-state index in [1.165, 1.54) is 0 Å². The van der Waals surface area contributed by atoms with E-state index in [-0.39, 0.29) is 73.1 Å². The minimum absolute atomic E-state index is 0.0125. The van der Waals surface area contributed by atoms with Gasteiger partial charge in [0.1, 0.15) is 25.6 Å². The summed E-state index contributed by atoms with van der Waals surface area (Å²) >= 11 is 0. The fourth-order valence-electron chi connectivity index (χ4n) is 7.62. The van der Waals surface area contributed by atoms with Gasteiger partial charge in [-0.3, -0.25) is 19.2 Å². The van der Waals surface area contributed by atoms with Gasteiger partial charge in [0.05, 0.1) is 17.8 Å². The molecule has 0 spiro atoms. The van der Waals surface area contributed by atoms with Gasteiger partial charge < -0.3 is 14.2 Å². The lowest BCUT2D eigenvalue weighted by Crippen LogP contribution is -2.36. The maximum Gasteiger partial charge on any atom is 0.309 e. The second-order valence-electron chi connectivity index (χ2n) is 15.3. The number of carbonyl (C=O) groups excluding carboxylic acids is 4. The molecular formula is C46H60O7. The second-order valence-corrected chi connectivity index (χ2v) is 15.3. The minimum Gasteiger partial charge on any atom is -0.461 e. The quantitative estimate of drug-likeness (QED) is 0.0797. The van der Waals surface area contributed by atoms with Crippen LogP contribution in [-0.2, 0) is 53.2 Å². The van der Waals surface area contributed by atoms with Crippen LogP contribution in [0.25, 0.3) is 0 Å². The summed E-state index contributed by atoms with van der Waals surface area (Å²) in [7, 11) is 0. The van der Waals surface area contributed by atoms with E-state index in [1.54, 1.807) is 0 Å². The number of hydrogen-bond acceptors (Lipinski definition) is 7. The van der Waals surface area contributed by atoms with Crippen molar-refractivity contribution in [3.05, 3.63) is 108 Å². The molecule has 0 aliphatic heterocycles. The number of benzene rings is 3. The van der Waals surface area contributed by atoms with Crippen molar-refractivity contribution in [3.8, 4) is 0 Å². The Kier molecular flexibility index (Phi) is 17.3. The molecule has 7 heteroatoms. The number of esters is 3. The van der Waals surface area contributed by atoms with E-state index in [1.807, 2.05) is 105 Å². The zero-order valence-electron chi connectivity index (χ0n) is 32.3. The van der Waals surface area contributed by atoms with E-state index in [0.717, 1.165) is 42.4 Å². The van der Waals surface area contributed by atoms with E-state index in [0.29, 0.717) is 38.5 Å². The topological polar surface area (TPSA) is 96.0 Å². The third kappa shape index (κ3) is 13.6. The molecule has 4 rings (SSSR count). The summed E-state index contributed by atoms with van der Waals surface area (Å²) < 4.78 is 17.5. The van der Waals surface area contributed by atoms with Crippen molar-refractivity contribution in [2.24, 2.45) is 41.4 Å². The lowest BCUT2D eigenvalue weighted by molar-refractivity contribution is -0.155. The van der Waals surface area contributed by atoms with Crippen LogP contribution in [0, 0.1) is 41.4 Å². The maximum atomic E-state index is 13.9. The molecule has 3 aromatic carbocycles. The fourth-order valence-corrected chi connectivity index (χ4v) is 7.62. The number of Topliss-reactive ketones (excluding diaryl/α,β-unsaturated/α-hetero) is 1. The molecule has 3 aromatic rings. The number of ether oxygens (including phenoxy) is 3. The summed E-state index contributed by atoms with van der Waals surface area (Å²) in [4.78, 5) is 54.0. The highest BCUT2D eigenvalue weighted by atomic mass is 16.5. The van der Waals surface area contributed by atoms with Crippen LogP contribution in [0.5, 0.6) is 0 Å². The molecule has 6 atom stereocenters. The van der Waals surface area contributed by atoms with Crippen LogP contribution >= 0.6 is 0 Å². The fraction of sp³-hybridized carbons (Fsp3) is 0.522. The van der Waals surface area contributed by atoms with Crippen molar-refractivity contribution in [1.82, 2.24) is 0 Å². The second kappa shape index (κ2) is 22.1. The Morgan fingerprint density at radius 3 is 1.66 bits per heavy atom. The standard InChI is InChI=1S/C46H60O7/c1-5-6-22-43(47)39-25-24-38(42(29-39)46(50)53-32-37-20-14-9-15-21-37)26-28-41(45(49)52-31-36-18-12-8-13-19-36)34(4)23-27-40(33(2)3)44(48)51-30-35-16-10-7-11-17-35/h7-21,33-34,38-42H,5-6,22-32H2,1-4H3. The van der Waals surface area contributed by atoms with Crippen molar-refractivity contribution in [3.63, 3.8) is 0 Å². The van der Waals surface area contributed by atoms with Crippen LogP contribution in [-0.4, -0.2) is 23.7 Å². The zero-order chi connectivity index (χ0) is 38.0. The predicted octanol–water partition coefficient (Wildman–Crippen LogP) is 10.1. The van der Waals surface area contributed by atoms with E-state index >= 15 is 0 Å². The normalized spacial score (nSPS) is 18.8. The Hall–Kier alpha value is -4.26. The van der Waals surface area contributed by atoms with Crippen LogP contribution in [0.15, 0.2) is 91.0 Å². The van der Waals surface area contributed by atoms with Gasteiger partial charge in [-0.25, -0.2) is 0 Å². The molecule has 53 heavy (non-hydrogen) atoms. The number of rotatable bonds is 21. The molecule has 7 nitrogen and oxygen atoms in total. The van der Waals surface area contributed by atoms with Gasteiger partial charge in [0.15, 0.2) is 0 Å². The number of unbranched alkanes of at least 4 members (excludes halogenated alkanes) is 1. The third-order valence-electron chi connectivity index (χ3n) is 11.1. The summed E-state index contributed by atoms with van der Waals surface area (Å²) in [6, 6.07) is 29.0. The molecule has 0 heterocycles. The van der Waals surface area contributed by atoms with Crippen molar-refractivity contribution in [2.45, 2.75) is 112 Å². The molecule has 6 unspecified atom stereocenters. The molecule has 1 saturated carbocycles. The highest BCUT2D eigenvalue weighted by molar-refractivity contribution is 5.82. The highest BCUT2D eigenvalue weighted by Crippen LogP contribution is 2.40. The number of hydrogen-bond donors (Lipinski definition) is 0. The molecule has 0 saturated heterocycles. The highest BCUT2D eigenvalue weighted by Gasteiger charge is 2.40. The Labute approximate surface area is 317 Å². The van der Waals surface area contributed by atoms with Crippen molar-refractivity contribution < 1.29 is 33.4 Å². The van der Waals surface area contributed by atoms with Crippen molar-refractivity contribution in [1.29, 1.82) is 0 Å². The van der Waals surface area contributed by atoms with Crippen molar-refractivity contribution >= 4 is 23.7 Å². The largest absolute Gasteiger partial charge is 0.461 e. The molecule has 0 aromatic heterocycles. The summed E-state index contributed by atoms with van der Waals surface area (Å²) in [5.74, 6) is -1.80. The van der Waals surface area contributed by atoms with Gasteiger partial charge >= 0.3 is 17.9 Å². The van der Waals surface area contributed by atoms with Gasteiger partial charge in [0.25, 0.3) is 0 Å². The van der Waals surface area contributed by atoms with Gasteiger partial charge in [-0.15, -0.1) is 0 Å². The SMILES string of the molecule is CCCCC(=O)C1CCC(CCC(C(=O)OCc2ccccc2)C(C)CCC(C(=O)OCc2ccccc2)C(C)C)C(C(=O)OCc2ccccc2)C1. The molecule has 286 valence electrons. The maximum absolute atomic E-state index is 13.9. The molecular weight excluding hydrogens is 664 g/mol. The monoisotopic (exact) mass is 724 g/mol. The van der Waals surface area contributed by atoms with Crippen molar-refractivity contribution in [2.75, 3.05) is 0 Å². The molecule has 0 N–H and O–H groups in total. The lowest BCUT2D eigenvalue weighted by atomic mass is 9.69. The van der Waals surface area contributed by atoms with Crippen LogP contribution in [0.1, 0.15) is 109 Å². The molecule has 1 fully saturated rings. The first-order chi connectivity index (χ1) is 25.7. The van der Waals surface area contributed by atoms with E-state index < -0.39 is 11.8 Å². The summed E-state index contributed by atoms with van der Waals surface area (Å²) in [6.07, 6.45) is 6.74. The lowest BCUT2D eigenvalue weighted by Gasteiger charge is -2.35. The molecule has 0 bridgehead atoms. The first-order valence-corrected chi connectivity index (χ1v) is 19.8. The summed E-state index contributed by atoms with van der Waals surface area (Å²) in [6.45, 7) is 8.81. The van der Waals surface area contributed by atoms with Crippen LogP contribution < -0.4 is 0 Å².